The largest absolute Gasteiger partial charge is 0.301 e. The van der Waals surface area contributed by atoms with E-state index in [4.69, 9.17) is 0 Å². The highest BCUT2D eigenvalue weighted by Crippen LogP contribution is 2.19. The summed E-state index contributed by atoms with van der Waals surface area (Å²) in [4.78, 5) is 16.9. The molecular weight excluding hydrogens is 172 g/mol. The molecule has 0 unspecified atom stereocenters. The van der Waals surface area contributed by atoms with E-state index in [1.54, 1.807) is 0 Å². The molecule has 1 heterocycles. The SMILES string of the molecule is C=NC1=C(C(=O)S)CN(C)CC1. The number of hydrogen-bond donors (Lipinski definition) is 1. The lowest BCUT2D eigenvalue weighted by Gasteiger charge is -2.23. The first-order valence-electron chi connectivity index (χ1n) is 3.75. The fourth-order valence-electron chi connectivity index (χ4n) is 1.25. The highest BCUT2D eigenvalue weighted by atomic mass is 32.1. The zero-order chi connectivity index (χ0) is 9.14. The Labute approximate surface area is 77.6 Å². The third-order valence-electron chi connectivity index (χ3n) is 1.96. The predicted octanol–water partition coefficient (Wildman–Crippen LogP) is 0.733. The lowest BCUT2D eigenvalue weighted by molar-refractivity contribution is -0.108. The molecular formula is C8H12N2OS. The first-order chi connectivity index (χ1) is 5.65. The Bertz CT molecular complexity index is 247. The Morgan fingerprint density at radius 1 is 1.75 bits per heavy atom. The van der Waals surface area contributed by atoms with Gasteiger partial charge in [0.25, 0.3) is 0 Å². The van der Waals surface area contributed by atoms with Crippen molar-refractivity contribution in [2.75, 3.05) is 20.1 Å². The molecule has 3 nitrogen and oxygen atoms in total. The molecule has 0 aromatic rings. The molecule has 0 aromatic heterocycles. The second-order valence-corrected chi connectivity index (χ2v) is 3.28. The van der Waals surface area contributed by atoms with Gasteiger partial charge in [-0.1, -0.05) is 0 Å². The van der Waals surface area contributed by atoms with Crippen LogP contribution in [0, 0.1) is 0 Å². The molecule has 1 rings (SSSR count). The van der Waals surface area contributed by atoms with Crippen molar-refractivity contribution in [3.63, 3.8) is 0 Å². The molecule has 0 radical (unpaired) electrons. The minimum absolute atomic E-state index is 0.191. The van der Waals surface area contributed by atoms with Crippen LogP contribution in [-0.2, 0) is 4.79 Å². The van der Waals surface area contributed by atoms with Gasteiger partial charge in [0.1, 0.15) is 0 Å². The summed E-state index contributed by atoms with van der Waals surface area (Å²) >= 11 is 3.78. The Balaban J connectivity index is 2.92. The van der Waals surface area contributed by atoms with Crippen LogP contribution in [0.4, 0.5) is 0 Å². The summed E-state index contributed by atoms with van der Waals surface area (Å²) in [6, 6.07) is 0. The number of carbonyl (C=O) groups excluding carboxylic acids is 1. The van der Waals surface area contributed by atoms with E-state index in [1.165, 1.54) is 0 Å². The number of carbonyl (C=O) groups is 1. The number of nitrogens with zero attached hydrogens (tertiary/aromatic N) is 2. The maximum Gasteiger partial charge on any atom is 0.215 e. The molecule has 0 spiro atoms. The summed E-state index contributed by atoms with van der Waals surface area (Å²) in [5.41, 5.74) is 1.48. The van der Waals surface area contributed by atoms with Gasteiger partial charge < -0.3 is 4.90 Å². The average Bonchev–Trinajstić information content (AvgIpc) is 2.04. The minimum Gasteiger partial charge on any atom is -0.301 e. The van der Waals surface area contributed by atoms with Gasteiger partial charge in [-0.15, -0.1) is 12.6 Å². The first-order valence-corrected chi connectivity index (χ1v) is 4.20. The second kappa shape index (κ2) is 3.87. The van der Waals surface area contributed by atoms with Crippen molar-refractivity contribution in [2.24, 2.45) is 4.99 Å². The number of thiol groups is 1. The zero-order valence-corrected chi connectivity index (χ0v) is 7.97. The van der Waals surface area contributed by atoms with Crippen molar-refractivity contribution in [1.29, 1.82) is 0 Å². The molecule has 0 amide bonds. The van der Waals surface area contributed by atoms with E-state index < -0.39 is 0 Å². The van der Waals surface area contributed by atoms with Crippen LogP contribution in [0.3, 0.4) is 0 Å². The van der Waals surface area contributed by atoms with Crippen LogP contribution < -0.4 is 0 Å². The molecule has 0 fully saturated rings. The number of hydrogen-bond acceptors (Lipinski definition) is 3. The van der Waals surface area contributed by atoms with Gasteiger partial charge in [-0.3, -0.25) is 9.79 Å². The smallest absolute Gasteiger partial charge is 0.215 e. The van der Waals surface area contributed by atoms with Gasteiger partial charge >= 0.3 is 0 Å². The normalized spacial score (nSPS) is 19.5. The summed E-state index contributed by atoms with van der Waals surface area (Å²) in [5.74, 6) is 0. The van der Waals surface area contributed by atoms with Crippen LogP contribution in [0.25, 0.3) is 0 Å². The van der Waals surface area contributed by atoms with Gasteiger partial charge in [-0.25, -0.2) is 0 Å². The van der Waals surface area contributed by atoms with Crippen molar-refractivity contribution < 1.29 is 4.79 Å². The monoisotopic (exact) mass is 184 g/mol. The number of aliphatic imine (C=N–C) groups is 1. The highest BCUT2D eigenvalue weighted by Gasteiger charge is 2.18. The third-order valence-corrected chi connectivity index (χ3v) is 2.23. The summed E-state index contributed by atoms with van der Waals surface area (Å²) in [7, 11) is 1.97. The van der Waals surface area contributed by atoms with Crippen LogP contribution in [0.5, 0.6) is 0 Å². The molecule has 0 saturated heterocycles. The number of rotatable bonds is 2. The van der Waals surface area contributed by atoms with Crippen LogP contribution in [-0.4, -0.2) is 36.9 Å². The standard InChI is InChI=1S/C8H12N2OS/c1-9-7-3-4-10(2)5-6(7)8(11)12/h1,3-5H2,2H3,(H,11,12). The van der Waals surface area contributed by atoms with Gasteiger partial charge in [0.05, 0.1) is 0 Å². The quantitative estimate of drug-likeness (QED) is 0.507. The Morgan fingerprint density at radius 2 is 2.42 bits per heavy atom. The predicted molar refractivity (Wildman–Crippen MR) is 52.7 cm³/mol. The Kier molecular flexibility index (Phi) is 3.05. The van der Waals surface area contributed by atoms with E-state index in [9.17, 15) is 4.79 Å². The molecule has 1 aliphatic heterocycles. The van der Waals surface area contributed by atoms with E-state index in [-0.39, 0.29) is 5.12 Å². The maximum absolute atomic E-state index is 11.0. The summed E-state index contributed by atoms with van der Waals surface area (Å²) < 4.78 is 0. The lowest BCUT2D eigenvalue weighted by atomic mass is 10.1. The van der Waals surface area contributed by atoms with Crippen LogP contribution in [0.1, 0.15) is 6.42 Å². The Morgan fingerprint density at radius 3 is 2.92 bits per heavy atom. The fourth-order valence-corrected chi connectivity index (χ4v) is 1.45. The fraction of sp³-hybridized carbons (Fsp3) is 0.500. The van der Waals surface area contributed by atoms with E-state index in [1.807, 2.05) is 7.05 Å². The van der Waals surface area contributed by atoms with E-state index in [0.717, 1.165) is 18.7 Å². The van der Waals surface area contributed by atoms with E-state index >= 15 is 0 Å². The van der Waals surface area contributed by atoms with Crippen molar-refractivity contribution in [3.05, 3.63) is 11.3 Å². The van der Waals surface area contributed by atoms with E-state index in [0.29, 0.717) is 12.1 Å². The molecule has 66 valence electrons. The second-order valence-electron chi connectivity index (χ2n) is 2.88. The van der Waals surface area contributed by atoms with Crippen molar-refractivity contribution in [3.8, 4) is 0 Å². The van der Waals surface area contributed by atoms with Crippen LogP contribution in [0.2, 0.25) is 0 Å². The van der Waals surface area contributed by atoms with Crippen molar-refractivity contribution in [1.82, 2.24) is 4.90 Å². The molecule has 4 heteroatoms. The van der Waals surface area contributed by atoms with Gasteiger partial charge in [0, 0.05) is 30.8 Å². The number of likely N-dealkylation sites (N-methyl/N-ethyl adjacent to an activating group) is 1. The van der Waals surface area contributed by atoms with Gasteiger partial charge in [0.2, 0.25) is 5.12 Å². The molecule has 0 N–H and O–H groups in total. The van der Waals surface area contributed by atoms with Gasteiger partial charge in [0.15, 0.2) is 0 Å². The Hall–Kier alpha value is -0.610. The maximum atomic E-state index is 11.0. The van der Waals surface area contributed by atoms with E-state index in [2.05, 4.69) is 29.2 Å². The first kappa shape index (κ1) is 9.48. The molecule has 0 bridgehead atoms. The zero-order valence-electron chi connectivity index (χ0n) is 7.08. The topological polar surface area (TPSA) is 32.7 Å². The minimum atomic E-state index is -0.191. The molecule has 1 aliphatic rings. The molecule has 0 aliphatic carbocycles. The van der Waals surface area contributed by atoms with Gasteiger partial charge in [-0.05, 0) is 13.8 Å². The third kappa shape index (κ3) is 1.95. The molecule has 0 atom stereocenters. The van der Waals surface area contributed by atoms with Crippen LogP contribution >= 0.6 is 12.6 Å². The summed E-state index contributed by atoms with van der Waals surface area (Å²) in [6.45, 7) is 4.99. The average molecular weight is 184 g/mol. The highest BCUT2D eigenvalue weighted by molar-refractivity contribution is 7.97. The summed E-state index contributed by atoms with van der Waals surface area (Å²) in [5, 5.41) is -0.191. The molecule has 0 saturated carbocycles. The summed E-state index contributed by atoms with van der Waals surface area (Å²) in [6.07, 6.45) is 0.793. The molecule has 12 heavy (non-hydrogen) atoms. The van der Waals surface area contributed by atoms with Crippen molar-refractivity contribution >= 4 is 24.5 Å². The van der Waals surface area contributed by atoms with Crippen LogP contribution in [0.15, 0.2) is 16.3 Å². The van der Waals surface area contributed by atoms with Crippen molar-refractivity contribution in [2.45, 2.75) is 6.42 Å². The van der Waals surface area contributed by atoms with Gasteiger partial charge in [-0.2, -0.15) is 0 Å². The molecule has 0 aromatic carbocycles. The lowest BCUT2D eigenvalue weighted by Crippen LogP contribution is -2.29.